The number of amides is 1. The minimum atomic E-state index is -4.38. The molecule has 7 heteroatoms. The van der Waals surface area contributed by atoms with Gasteiger partial charge in [0.15, 0.2) is 0 Å². The second-order valence-corrected chi connectivity index (χ2v) is 5.58. The van der Waals surface area contributed by atoms with Gasteiger partial charge in [-0.2, -0.15) is 13.2 Å². The van der Waals surface area contributed by atoms with Crippen LogP contribution < -0.4 is 5.32 Å². The molecule has 0 saturated heterocycles. The number of carbonyl (C=O) groups is 1. The van der Waals surface area contributed by atoms with Crippen LogP contribution in [0.15, 0.2) is 36.5 Å². The average molecular weight is 321 g/mol. The Hall–Kier alpha value is -2.44. The summed E-state index contributed by atoms with van der Waals surface area (Å²) in [6.45, 7) is 1.78. The Morgan fingerprint density at radius 2 is 2.09 bits per heavy atom. The molecule has 0 aliphatic heterocycles. The summed E-state index contributed by atoms with van der Waals surface area (Å²) in [6, 6.07) is 6.84. The van der Waals surface area contributed by atoms with Gasteiger partial charge in [-0.1, -0.05) is 18.2 Å². The first-order valence-electron chi connectivity index (χ1n) is 7.12. The van der Waals surface area contributed by atoms with E-state index >= 15 is 0 Å². The summed E-state index contributed by atoms with van der Waals surface area (Å²) in [5, 5.41) is 2.61. The Morgan fingerprint density at radius 1 is 1.30 bits per heavy atom. The molecule has 0 bridgehead atoms. The molecule has 0 unspecified atom stereocenters. The van der Waals surface area contributed by atoms with Gasteiger partial charge in [-0.15, -0.1) is 0 Å². The molecule has 1 aromatic carbocycles. The number of benzene rings is 1. The minimum Gasteiger partial charge on any atom is -0.294 e. The fourth-order valence-electron chi connectivity index (χ4n) is 2.51. The predicted octanol–water partition coefficient (Wildman–Crippen LogP) is 3.55. The molecule has 1 aliphatic rings. The van der Waals surface area contributed by atoms with Crippen molar-refractivity contribution < 1.29 is 18.0 Å². The van der Waals surface area contributed by atoms with E-state index in [0.717, 1.165) is 17.8 Å². The second kappa shape index (κ2) is 5.64. The molecule has 1 saturated carbocycles. The van der Waals surface area contributed by atoms with Crippen LogP contribution in [0, 0.1) is 12.8 Å². The molecule has 1 N–H and O–H groups in total. The molecule has 1 fully saturated rings. The van der Waals surface area contributed by atoms with E-state index in [2.05, 4.69) is 15.3 Å². The Morgan fingerprint density at radius 3 is 2.78 bits per heavy atom. The molecule has 120 valence electrons. The van der Waals surface area contributed by atoms with Gasteiger partial charge in [0.2, 0.25) is 11.9 Å². The largest absolute Gasteiger partial charge is 0.416 e. The van der Waals surface area contributed by atoms with Gasteiger partial charge in [-0.25, -0.2) is 9.97 Å². The zero-order chi connectivity index (χ0) is 16.6. The normalized spacial score (nSPS) is 20.2. The van der Waals surface area contributed by atoms with Crippen LogP contribution in [0.5, 0.6) is 0 Å². The molecule has 23 heavy (non-hydrogen) atoms. The van der Waals surface area contributed by atoms with Crippen molar-refractivity contribution >= 4 is 11.9 Å². The van der Waals surface area contributed by atoms with Crippen molar-refractivity contribution in [2.24, 2.45) is 5.92 Å². The molecule has 1 aromatic heterocycles. The summed E-state index contributed by atoms with van der Waals surface area (Å²) in [4.78, 5) is 20.2. The number of carbonyl (C=O) groups excluding carboxylic acids is 1. The topological polar surface area (TPSA) is 54.9 Å². The maximum Gasteiger partial charge on any atom is 0.416 e. The number of aryl methyl sites for hydroxylation is 1. The van der Waals surface area contributed by atoms with Crippen molar-refractivity contribution in [1.82, 2.24) is 9.97 Å². The minimum absolute atomic E-state index is 0.192. The van der Waals surface area contributed by atoms with Crippen molar-refractivity contribution in [3.8, 4) is 0 Å². The van der Waals surface area contributed by atoms with Crippen molar-refractivity contribution in [3.63, 3.8) is 0 Å². The van der Waals surface area contributed by atoms with Crippen LogP contribution >= 0.6 is 0 Å². The molecular formula is C16H14F3N3O. The smallest absolute Gasteiger partial charge is 0.294 e. The van der Waals surface area contributed by atoms with Gasteiger partial charge in [0.25, 0.3) is 0 Å². The highest BCUT2D eigenvalue weighted by Gasteiger charge is 2.45. The summed E-state index contributed by atoms with van der Waals surface area (Å²) in [7, 11) is 0. The van der Waals surface area contributed by atoms with Gasteiger partial charge in [-0.05, 0) is 37.0 Å². The van der Waals surface area contributed by atoms with Crippen LogP contribution in [-0.2, 0) is 11.0 Å². The molecule has 1 heterocycles. The van der Waals surface area contributed by atoms with E-state index in [1.165, 1.54) is 12.3 Å². The fourth-order valence-corrected chi connectivity index (χ4v) is 2.51. The fraction of sp³-hybridized carbons (Fsp3) is 0.312. The highest BCUT2D eigenvalue weighted by atomic mass is 19.4. The van der Waals surface area contributed by atoms with E-state index in [1.54, 1.807) is 19.1 Å². The monoisotopic (exact) mass is 321 g/mol. The first-order valence-corrected chi connectivity index (χ1v) is 7.12. The van der Waals surface area contributed by atoms with Crippen LogP contribution in [0.3, 0.4) is 0 Å². The lowest BCUT2D eigenvalue weighted by Crippen LogP contribution is -2.16. The zero-order valence-corrected chi connectivity index (χ0v) is 12.3. The van der Waals surface area contributed by atoms with Crippen LogP contribution in [0.4, 0.5) is 19.1 Å². The summed E-state index contributed by atoms with van der Waals surface area (Å²) in [6.07, 6.45) is -2.31. The molecule has 0 spiro atoms. The first-order chi connectivity index (χ1) is 10.8. The number of nitrogens with one attached hydrogen (secondary N) is 1. The summed E-state index contributed by atoms with van der Waals surface area (Å²) < 4.78 is 38.2. The standard InChI is InChI=1S/C16H14F3N3O/c1-9-5-6-20-15(21-9)22-14(23)13-8-12(13)10-3-2-4-11(7-10)16(17,18)19/h2-7,12-13H,8H2,1H3,(H,20,21,22,23)/t12-,13+/m1/s1. The van der Waals surface area contributed by atoms with Gasteiger partial charge in [-0.3, -0.25) is 10.1 Å². The van der Waals surface area contributed by atoms with Gasteiger partial charge < -0.3 is 0 Å². The van der Waals surface area contributed by atoms with Crippen molar-refractivity contribution in [1.29, 1.82) is 0 Å². The van der Waals surface area contributed by atoms with Crippen molar-refractivity contribution in [3.05, 3.63) is 53.3 Å². The van der Waals surface area contributed by atoms with E-state index in [1.807, 2.05) is 0 Å². The molecule has 3 rings (SSSR count). The number of nitrogens with zero attached hydrogens (tertiary/aromatic N) is 2. The molecule has 0 radical (unpaired) electrons. The first kappa shape index (κ1) is 15.5. The lowest BCUT2D eigenvalue weighted by Gasteiger charge is -2.08. The number of halogens is 3. The molecule has 2 atom stereocenters. The van der Waals surface area contributed by atoms with Crippen LogP contribution in [-0.4, -0.2) is 15.9 Å². The Kier molecular flexibility index (Phi) is 3.79. The summed E-state index contributed by atoms with van der Waals surface area (Å²) in [5.41, 5.74) is 0.564. The molecule has 2 aromatic rings. The Bertz CT molecular complexity index is 745. The number of hydrogen-bond donors (Lipinski definition) is 1. The molecule has 1 aliphatic carbocycles. The maximum absolute atomic E-state index is 12.7. The van der Waals surface area contributed by atoms with E-state index in [-0.39, 0.29) is 23.7 Å². The lowest BCUT2D eigenvalue weighted by atomic mass is 10.1. The van der Waals surface area contributed by atoms with E-state index in [0.29, 0.717) is 12.0 Å². The molecule has 4 nitrogen and oxygen atoms in total. The highest BCUT2D eigenvalue weighted by Crippen LogP contribution is 2.48. The third kappa shape index (κ3) is 3.49. The number of alkyl halides is 3. The average Bonchev–Trinajstić information content (AvgIpc) is 3.27. The number of anilines is 1. The van der Waals surface area contributed by atoms with Gasteiger partial charge >= 0.3 is 6.18 Å². The lowest BCUT2D eigenvalue weighted by molar-refractivity contribution is -0.137. The number of rotatable bonds is 3. The summed E-state index contributed by atoms with van der Waals surface area (Å²) >= 11 is 0. The zero-order valence-electron chi connectivity index (χ0n) is 12.3. The van der Waals surface area contributed by atoms with E-state index in [4.69, 9.17) is 0 Å². The second-order valence-electron chi connectivity index (χ2n) is 5.58. The van der Waals surface area contributed by atoms with Crippen LogP contribution in [0.25, 0.3) is 0 Å². The number of hydrogen-bond acceptors (Lipinski definition) is 3. The summed E-state index contributed by atoms with van der Waals surface area (Å²) in [5.74, 6) is -0.590. The van der Waals surface area contributed by atoms with E-state index < -0.39 is 11.7 Å². The van der Waals surface area contributed by atoms with Crippen LogP contribution in [0.2, 0.25) is 0 Å². The molecular weight excluding hydrogens is 307 g/mol. The third-order valence-electron chi connectivity index (χ3n) is 3.80. The highest BCUT2D eigenvalue weighted by molar-refractivity contribution is 5.93. The SMILES string of the molecule is Cc1ccnc(NC(=O)[C@H]2C[C@@H]2c2cccc(C(F)(F)F)c2)n1. The third-order valence-corrected chi connectivity index (χ3v) is 3.80. The van der Waals surface area contributed by atoms with Crippen LogP contribution in [0.1, 0.15) is 29.2 Å². The van der Waals surface area contributed by atoms with Crippen molar-refractivity contribution in [2.45, 2.75) is 25.4 Å². The molecule has 1 amide bonds. The Balaban J connectivity index is 1.68. The predicted molar refractivity (Wildman–Crippen MR) is 77.7 cm³/mol. The van der Waals surface area contributed by atoms with Gasteiger partial charge in [0.1, 0.15) is 0 Å². The van der Waals surface area contributed by atoms with Gasteiger partial charge in [0, 0.05) is 17.8 Å². The maximum atomic E-state index is 12.7. The quantitative estimate of drug-likeness (QED) is 0.940. The van der Waals surface area contributed by atoms with E-state index in [9.17, 15) is 18.0 Å². The number of aromatic nitrogens is 2. The van der Waals surface area contributed by atoms with Crippen molar-refractivity contribution in [2.75, 3.05) is 5.32 Å². The van der Waals surface area contributed by atoms with Gasteiger partial charge in [0.05, 0.1) is 5.56 Å². The Labute approximate surface area is 130 Å².